The van der Waals surface area contributed by atoms with E-state index in [9.17, 15) is 9.59 Å². The number of likely N-dealkylation sites (N-methyl/N-ethyl adjacent to an activating group) is 1. The van der Waals surface area contributed by atoms with Gasteiger partial charge in [0.25, 0.3) is 0 Å². The Morgan fingerprint density at radius 2 is 1.95 bits per heavy atom. The van der Waals surface area contributed by atoms with Gasteiger partial charge < -0.3 is 15.5 Å². The van der Waals surface area contributed by atoms with E-state index in [0.717, 1.165) is 17.1 Å². The number of urea groups is 1. The average Bonchev–Trinajstić information content (AvgIpc) is 2.45. The minimum atomic E-state index is -0.239. The highest BCUT2D eigenvalue weighted by molar-refractivity contribution is 7.99. The summed E-state index contributed by atoms with van der Waals surface area (Å²) in [6.45, 7) is 2.71. The fourth-order valence-electron chi connectivity index (χ4n) is 1.67. The molecular weight excluding hydrogens is 286 g/mol. The zero-order chi connectivity index (χ0) is 15.7. The number of amides is 3. The quantitative estimate of drug-likeness (QED) is 0.759. The van der Waals surface area contributed by atoms with Gasteiger partial charge >= 0.3 is 6.03 Å². The first kappa shape index (κ1) is 17.4. The lowest BCUT2D eigenvalue weighted by molar-refractivity contribution is -0.127. The maximum atomic E-state index is 11.8. The predicted molar refractivity (Wildman–Crippen MR) is 88.9 cm³/mol. The summed E-state index contributed by atoms with van der Waals surface area (Å²) in [5.74, 6) is 1.94. The lowest BCUT2D eigenvalue weighted by Gasteiger charge is -2.14. The number of benzene rings is 1. The summed E-state index contributed by atoms with van der Waals surface area (Å²) in [5.41, 5.74) is 1.49. The molecule has 0 fully saturated rings. The van der Waals surface area contributed by atoms with Crippen LogP contribution < -0.4 is 10.6 Å². The Labute approximate surface area is 130 Å². The van der Waals surface area contributed by atoms with E-state index in [1.807, 2.05) is 18.2 Å². The predicted octanol–water partition coefficient (Wildman–Crippen LogP) is 2.19. The maximum absolute atomic E-state index is 11.8. The van der Waals surface area contributed by atoms with Crippen molar-refractivity contribution in [3.63, 3.8) is 0 Å². The van der Waals surface area contributed by atoms with Crippen LogP contribution in [0, 0.1) is 0 Å². The van der Waals surface area contributed by atoms with Crippen molar-refractivity contribution >= 4 is 29.4 Å². The molecule has 0 saturated carbocycles. The molecule has 5 nitrogen and oxygen atoms in total. The van der Waals surface area contributed by atoms with Gasteiger partial charge in [-0.2, -0.15) is 11.8 Å². The van der Waals surface area contributed by atoms with Crippen LogP contribution in [0.5, 0.6) is 0 Å². The van der Waals surface area contributed by atoms with E-state index < -0.39 is 0 Å². The van der Waals surface area contributed by atoms with E-state index in [2.05, 4.69) is 17.6 Å². The summed E-state index contributed by atoms with van der Waals surface area (Å²) < 4.78 is 0. The number of hydrogen-bond acceptors (Lipinski definition) is 3. The van der Waals surface area contributed by atoms with E-state index in [1.54, 1.807) is 36.8 Å². The molecule has 0 aliphatic carbocycles. The Hall–Kier alpha value is -1.69. The van der Waals surface area contributed by atoms with Gasteiger partial charge in [0.15, 0.2) is 0 Å². The highest BCUT2D eigenvalue weighted by atomic mass is 32.2. The first-order valence-corrected chi connectivity index (χ1v) is 8.10. The lowest BCUT2D eigenvalue weighted by atomic mass is 10.1. The van der Waals surface area contributed by atoms with E-state index >= 15 is 0 Å². The van der Waals surface area contributed by atoms with Gasteiger partial charge in [-0.3, -0.25) is 4.79 Å². The topological polar surface area (TPSA) is 61.4 Å². The number of rotatable bonds is 7. The molecule has 0 aliphatic rings. The fraction of sp³-hybridized carbons (Fsp3) is 0.467. The molecule has 116 valence electrons. The molecule has 0 unspecified atom stereocenters. The number of nitrogens with one attached hydrogen (secondary N) is 2. The lowest BCUT2D eigenvalue weighted by Crippen LogP contribution is -2.31. The van der Waals surface area contributed by atoms with Gasteiger partial charge in [-0.1, -0.05) is 25.1 Å². The molecule has 0 atom stereocenters. The fourth-order valence-corrected chi connectivity index (χ4v) is 2.20. The second-order valence-corrected chi connectivity index (χ2v) is 6.09. The Morgan fingerprint density at radius 3 is 2.62 bits per heavy atom. The van der Waals surface area contributed by atoms with Gasteiger partial charge in [-0.25, -0.2) is 4.79 Å². The summed E-state index contributed by atoms with van der Waals surface area (Å²) in [4.78, 5) is 25.2. The largest absolute Gasteiger partial charge is 0.349 e. The van der Waals surface area contributed by atoms with Crippen molar-refractivity contribution in [3.05, 3.63) is 29.8 Å². The zero-order valence-corrected chi connectivity index (χ0v) is 13.6. The van der Waals surface area contributed by atoms with Crippen LogP contribution in [0.3, 0.4) is 0 Å². The van der Waals surface area contributed by atoms with Gasteiger partial charge in [-0.15, -0.1) is 0 Å². The van der Waals surface area contributed by atoms with Crippen molar-refractivity contribution in [1.82, 2.24) is 10.2 Å². The standard InChI is InChI=1S/C15H23N3O2S/c1-4-21-10-9-16-15(20)17-13-8-6-5-7-12(13)11-14(19)18(2)3/h5-8H,4,9-11H2,1-3H3,(H2,16,17,20). The van der Waals surface area contributed by atoms with Gasteiger partial charge in [0.2, 0.25) is 5.91 Å². The summed E-state index contributed by atoms with van der Waals surface area (Å²) in [6, 6.07) is 7.12. The zero-order valence-electron chi connectivity index (χ0n) is 12.8. The van der Waals surface area contributed by atoms with E-state index in [1.165, 1.54) is 0 Å². The Kier molecular flexibility index (Phi) is 7.68. The minimum absolute atomic E-state index is 0.00371. The van der Waals surface area contributed by atoms with Crippen molar-refractivity contribution in [3.8, 4) is 0 Å². The third-order valence-electron chi connectivity index (χ3n) is 2.84. The van der Waals surface area contributed by atoms with Crippen LogP contribution in [0.1, 0.15) is 12.5 Å². The van der Waals surface area contributed by atoms with Crippen molar-refractivity contribution in [2.75, 3.05) is 37.5 Å². The van der Waals surface area contributed by atoms with Crippen LogP contribution in [0.4, 0.5) is 10.5 Å². The van der Waals surface area contributed by atoms with E-state index in [-0.39, 0.29) is 18.4 Å². The summed E-state index contributed by atoms with van der Waals surface area (Å²) >= 11 is 1.78. The molecule has 0 saturated heterocycles. The number of thioether (sulfide) groups is 1. The number of nitrogens with zero attached hydrogens (tertiary/aromatic N) is 1. The van der Waals surface area contributed by atoms with Crippen LogP contribution in [0.2, 0.25) is 0 Å². The smallest absolute Gasteiger partial charge is 0.319 e. The molecule has 0 bridgehead atoms. The molecule has 0 aliphatic heterocycles. The number of para-hydroxylation sites is 1. The third kappa shape index (κ3) is 6.53. The first-order valence-electron chi connectivity index (χ1n) is 6.95. The SMILES string of the molecule is CCSCCNC(=O)Nc1ccccc1CC(=O)N(C)C. The van der Waals surface area contributed by atoms with Crippen molar-refractivity contribution in [2.45, 2.75) is 13.3 Å². The van der Waals surface area contributed by atoms with Crippen LogP contribution in [0.25, 0.3) is 0 Å². The number of carbonyl (C=O) groups excluding carboxylic acids is 2. The summed E-state index contributed by atoms with van der Waals surface area (Å²) in [7, 11) is 3.44. The molecule has 2 N–H and O–H groups in total. The second-order valence-electron chi connectivity index (χ2n) is 4.70. The van der Waals surface area contributed by atoms with Crippen LogP contribution in [-0.2, 0) is 11.2 Å². The summed E-state index contributed by atoms with van der Waals surface area (Å²) in [6.07, 6.45) is 0.273. The maximum Gasteiger partial charge on any atom is 0.319 e. The molecule has 3 amide bonds. The molecule has 21 heavy (non-hydrogen) atoms. The van der Waals surface area contributed by atoms with Crippen molar-refractivity contribution in [2.24, 2.45) is 0 Å². The minimum Gasteiger partial charge on any atom is -0.349 e. The van der Waals surface area contributed by atoms with Crippen LogP contribution in [0.15, 0.2) is 24.3 Å². The van der Waals surface area contributed by atoms with Gasteiger partial charge in [-0.05, 0) is 17.4 Å². The Morgan fingerprint density at radius 1 is 1.24 bits per heavy atom. The summed E-state index contributed by atoms with van der Waals surface area (Å²) in [5, 5.41) is 5.60. The number of hydrogen-bond donors (Lipinski definition) is 2. The van der Waals surface area contributed by atoms with Gasteiger partial charge in [0.05, 0.1) is 6.42 Å². The van der Waals surface area contributed by atoms with Gasteiger partial charge in [0, 0.05) is 32.1 Å². The van der Waals surface area contributed by atoms with E-state index in [0.29, 0.717) is 12.2 Å². The molecule has 1 aromatic carbocycles. The molecule has 0 heterocycles. The molecule has 1 aromatic rings. The number of carbonyl (C=O) groups is 2. The molecule has 0 radical (unpaired) electrons. The van der Waals surface area contributed by atoms with Crippen molar-refractivity contribution < 1.29 is 9.59 Å². The van der Waals surface area contributed by atoms with Crippen molar-refractivity contribution in [1.29, 1.82) is 0 Å². The molecule has 6 heteroatoms. The van der Waals surface area contributed by atoms with Gasteiger partial charge in [0.1, 0.15) is 0 Å². The Balaban J connectivity index is 2.58. The number of anilines is 1. The normalized spacial score (nSPS) is 10.0. The highest BCUT2D eigenvalue weighted by Crippen LogP contribution is 2.16. The first-order chi connectivity index (χ1) is 10.0. The molecule has 0 aromatic heterocycles. The molecule has 1 rings (SSSR count). The molecular formula is C15H23N3O2S. The monoisotopic (exact) mass is 309 g/mol. The van der Waals surface area contributed by atoms with Crippen LogP contribution >= 0.6 is 11.8 Å². The Bertz CT molecular complexity index is 478. The van der Waals surface area contributed by atoms with E-state index in [4.69, 9.17) is 0 Å². The third-order valence-corrected chi connectivity index (χ3v) is 3.74. The average molecular weight is 309 g/mol. The van der Waals surface area contributed by atoms with Crippen LogP contribution in [-0.4, -0.2) is 49.0 Å². The second kappa shape index (κ2) is 9.28. The highest BCUT2D eigenvalue weighted by Gasteiger charge is 2.11. The molecule has 0 spiro atoms.